The maximum atomic E-state index is 9.68. The van der Waals surface area contributed by atoms with Crippen molar-refractivity contribution in [3.8, 4) is 69.6 Å². The van der Waals surface area contributed by atoms with Gasteiger partial charge in [-0.15, -0.1) is 0 Å². The lowest BCUT2D eigenvalue weighted by atomic mass is 10.1. The molecule has 4 heterocycles. The number of halogens is 3. The molecule has 0 saturated heterocycles. The fourth-order valence-corrected chi connectivity index (χ4v) is 7.14. The van der Waals surface area contributed by atoms with Gasteiger partial charge >= 0.3 is 0 Å². The van der Waals surface area contributed by atoms with Crippen LogP contribution in [0.5, 0.6) is 57.5 Å². The van der Waals surface area contributed by atoms with Gasteiger partial charge < -0.3 is 54.5 Å². The maximum absolute atomic E-state index is 9.68. The van der Waals surface area contributed by atoms with E-state index in [1.54, 1.807) is 12.1 Å². The largest absolute Gasteiger partial charge is 0.507 e. The number of anilines is 2. The first-order chi connectivity index (χ1) is 28.4. The van der Waals surface area contributed by atoms with Crippen molar-refractivity contribution in [1.82, 2.24) is 9.97 Å². The Bertz CT molecular complexity index is 2210. The van der Waals surface area contributed by atoms with Crippen molar-refractivity contribution < 1.29 is 47.2 Å². The summed E-state index contributed by atoms with van der Waals surface area (Å²) in [6.07, 6.45) is 3.65. The first-order valence-electron chi connectivity index (χ1n) is 18.1. The maximum Gasteiger partial charge on any atom is 0.222 e. The molecule has 0 bridgehead atoms. The van der Waals surface area contributed by atoms with Crippen LogP contribution in [0.3, 0.4) is 0 Å². The molecule has 5 N–H and O–H groups in total. The van der Waals surface area contributed by atoms with Crippen LogP contribution in [0.4, 0.5) is 11.8 Å². The number of ether oxygens (including phenoxy) is 8. The van der Waals surface area contributed by atoms with Crippen molar-refractivity contribution in [2.24, 2.45) is 0 Å². The van der Waals surface area contributed by atoms with Crippen LogP contribution in [0.1, 0.15) is 37.5 Å². The van der Waals surface area contributed by atoms with E-state index in [0.29, 0.717) is 86.3 Å². The van der Waals surface area contributed by atoms with E-state index in [1.165, 1.54) is 6.20 Å². The number of nitrogens with zero attached hydrogens (tertiary/aromatic N) is 4. The molecule has 1 atom stereocenters. The number of fused-ring (bicyclic) bond motifs is 3. The second-order valence-electron chi connectivity index (χ2n) is 11.6. The monoisotopic (exact) mass is 1010 g/mol. The number of phenolic OH excluding ortho intramolecular Hbond substituents is 1. The molecule has 0 amide bonds. The number of benzene rings is 3. The van der Waals surface area contributed by atoms with Crippen molar-refractivity contribution in [1.29, 1.82) is 11.6 Å². The molecule has 1 aromatic heterocycles. The highest BCUT2D eigenvalue weighted by molar-refractivity contribution is 9.11. The zero-order valence-electron chi connectivity index (χ0n) is 32.7. The Morgan fingerprint density at radius 3 is 1.62 bits per heavy atom. The van der Waals surface area contributed by atoms with Crippen molar-refractivity contribution in [3.63, 3.8) is 0 Å². The van der Waals surface area contributed by atoms with Crippen LogP contribution in [0.15, 0.2) is 37.8 Å². The minimum absolute atomic E-state index is 0.0269. The summed E-state index contributed by atoms with van der Waals surface area (Å²) >= 11 is 8.55. The molecule has 3 aromatic carbocycles. The summed E-state index contributed by atoms with van der Waals surface area (Å²) in [5.74, 6) is 6.17. The molecule has 3 aliphatic heterocycles. The van der Waals surface area contributed by atoms with E-state index in [-0.39, 0.29) is 29.9 Å². The zero-order chi connectivity index (χ0) is 43.1. The number of aromatic nitrogens is 2. The number of hydrogen-bond donors (Lipinski definition) is 4. The molecule has 0 fully saturated rings. The van der Waals surface area contributed by atoms with Gasteiger partial charge in [-0.05, 0) is 85.3 Å². The van der Waals surface area contributed by atoms with Gasteiger partial charge in [0.05, 0.1) is 25.7 Å². The second kappa shape index (κ2) is 22.9. The minimum Gasteiger partial charge on any atom is -0.507 e. The lowest BCUT2D eigenvalue weighted by molar-refractivity contribution is 0.167. The van der Waals surface area contributed by atoms with E-state index in [1.807, 2.05) is 39.0 Å². The van der Waals surface area contributed by atoms with Crippen LogP contribution < -0.4 is 49.4 Å². The highest BCUT2D eigenvalue weighted by Gasteiger charge is 2.25. The van der Waals surface area contributed by atoms with E-state index in [2.05, 4.69) is 57.8 Å². The summed E-state index contributed by atoms with van der Waals surface area (Å²) in [6, 6.07) is 8.83. The van der Waals surface area contributed by atoms with E-state index in [9.17, 15) is 9.32 Å². The van der Waals surface area contributed by atoms with Crippen LogP contribution in [-0.2, 0) is 30.8 Å². The molecule has 4 aromatic rings. The van der Waals surface area contributed by atoms with E-state index >= 15 is 0 Å². The van der Waals surface area contributed by atoms with E-state index in [0.717, 1.165) is 54.4 Å². The number of hydrogen-bond acceptors (Lipinski definition) is 16. The Labute approximate surface area is 365 Å². The van der Waals surface area contributed by atoms with Crippen LogP contribution in [0, 0.1) is 22.7 Å². The standard InChI is InChI=1S/C14H15BrN4O3.C12H12BrNO3.C10H11BrO3.C2H3NOS/c1-2-7-9(22-10-6-18-14(17)19-13(10)16)5-8(15)12-11(7)20-3-4-21-12;1-2-8-10(15-4-3-14)7-9(13)12-11(8)16-5-6-17-12;1-2-6-8(12)5-7(11)10-9(6)13-3-4-14-10;3-1-2-5-4/h5-6H,2-4H2,1H3,(H4,16,17,18,19);7H,2,4-6H2,1H3;5,12H,2-4H2,1H3;5H,2H2/i;;;5T. The number of nitriles is 2. The Kier molecular flexibility index (Phi) is 17.5. The molecule has 16 nitrogen and oxygen atoms in total. The average molecular weight is 1020 g/mol. The van der Waals surface area contributed by atoms with E-state index < -0.39 is 11.6 Å². The lowest BCUT2D eigenvalue weighted by Crippen LogP contribution is -2.17. The van der Waals surface area contributed by atoms with Crippen molar-refractivity contribution >= 4 is 71.1 Å². The second-order valence-corrected chi connectivity index (χ2v) is 14.7. The normalized spacial score (nSPS) is 13.5. The third-order valence-electron chi connectivity index (χ3n) is 8.00. The molecule has 0 saturated carbocycles. The minimum atomic E-state index is -1.68. The van der Waals surface area contributed by atoms with Crippen molar-refractivity contribution in [3.05, 3.63) is 54.5 Å². The Morgan fingerprint density at radius 1 is 0.741 bits per heavy atom. The third kappa shape index (κ3) is 11.6. The third-order valence-corrected chi connectivity index (χ3v) is 10.0. The Hall–Kier alpha value is -4.89. The molecule has 7 rings (SSSR count). The summed E-state index contributed by atoms with van der Waals surface area (Å²) in [6.45, 7) is 9.23. The summed E-state index contributed by atoms with van der Waals surface area (Å²) < 4.78 is 62.9. The average Bonchev–Trinajstić information content (AvgIpc) is 3.22. The van der Waals surface area contributed by atoms with Gasteiger partial charge in [0.1, 0.15) is 69.8 Å². The van der Waals surface area contributed by atoms with Gasteiger partial charge in [-0.1, -0.05) is 20.8 Å². The number of aromatic hydroxyl groups is 1. The fourth-order valence-electron chi connectivity index (χ4n) is 5.57. The van der Waals surface area contributed by atoms with Gasteiger partial charge in [-0.2, -0.15) is 15.5 Å². The van der Waals surface area contributed by atoms with Gasteiger partial charge in [0, 0.05) is 28.3 Å². The number of rotatable bonds is 8. The van der Waals surface area contributed by atoms with Crippen molar-refractivity contribution in [2.45, 2.75) is 40.0 Å². The molecule has 1 unspecified atom stereocenters. The topological polar surface area (TPSA) is 237 Å². The molecule has 310 valence electrons. The molecule has 3 aliphatic rings. The number of nitrogen functional groups attached to an aromatic ring is 2. The van der Waals surface area contributed by atoms with Crippen LogP contribution >= 0.6 is 47.8 Å². The summed E-state index contributed by atoms with van der Waals surface area (Å²) in [5, 5.41) is 25.9. The van der Waals surface area contributed by atoms with Gasteiger partial charge in [-0.3, -0.25) is 4.21 Å². The smallest absolute Gasteiger partial charge is 0.222 e. The summed E-state index contributed by atoms with van der Waals surface area (Å²) in [4.78, 5) is 7.78. The number of thiol groups is 1. The molecule has 58 heavy (non-hydrogen) atoms. The molecule has 0 aliphatic carbocycles. The van der Waals surface area contributed by atoms with Crippen LogP contribution in [0.25, 0.3) is 0 Å². The van der Waals surface area contributed by atoms with Crippen molar-refractivity contribution in [2.75, 3.05) is 63.5 Å². The van der Waals surface area contributed by atoms with Crippen LogP contribution in [-0.4, -0.2) is 72.4 Å². The molecule has 20 heteroatoms. The first kappa shape index (κ1) is 44.2. The SMILES string of the molecule is CCc1c(O)cc(Br)c2c1OCCO2.CCc1c(OCC#N)cc(Br)c2c1OCCO2.CCc1c(Oc2cnc(N)nc2N)cc(Br)c2c1OCCO2.[3H]S(=O)CC#N. The highest BCUT2D eigenvalue weighted by atomic mass is 79.9. The Morgan fingerprint density at radius 2 is 1.19 bits per heavy atom. The first-order valence-corrected chi connectivity index (χ1v) is 21.0. The van der Waals surface area contributed by atoms with Gasteiger partial charge in [0.15, 0.2) is 52.7 Å². The van der Waals surface area contributed by atoms with Crippen LogP contribution in [0.2, 0.25) is 0 Å². The summed E-state index contributed by atoms with van der Waals surface area (Å²) in [5.41, 5.74) is 14.0. The lowest BCUT2D eigenvalue weighted by Gasteiger charge is -2.24. The molecule has 0 radical (unpaired) electrons. The number of phenols is 1. The fraction of sp³-hybridized carbons (Fsp3) is 0.368. The molecular formula is C38H41Br3N6O10S. The van der Waals surface area contributed by atoms with E-state index in [4.69, 9.17) is 61.0 Å². The molecular weight excluding hydrogens is 972 g/mol. The number of nitrogens with two attached hydrogens (primary N) is 2. The highest BCUT2D eigenvalue weighted by Crippen LogP contribution is 2.48. The summed E-state index contributed by atoms with van der Waals surface area (Å²) in [7, 11) is 0. The molecule has 0 spiro atoms. The van der Waals surface area contributed by atoms with Gasteiger partial charge in [0.2, 0.25) is 5.95 Å². The van der Waals surface area contributed by atoms with Gasteiger partial charge in [0.25, 0.3) is 0 Å². The van der Waals surface area contributed by atoms with Gasteiger partial charge in [-0.25, -0.2) is 4.98 Å². The predicted molar refractivity (Wildman–Crippen MR) is 227 cm³/mol. The quantitative estimate of drug-likeness (QED) is 0.128. The Balaban J connectivity index is 0.000000187. The predicted octanol–water partition coefficient (Wildman–Crippen LogP) is 7.16. The zero-order valence-corrected chi connectivity index (χ0v) is 37.3.